The van der Waals surface area contributed by atoms with Gasteiger partial charge in [-0.15, -0.1) is 0 Å². The fourth-order valence-electron chi connectivity index (χ4n) is 3.03. The number of ether oxygens (including phenoxy) is 1. The molecule has 0 spiro atoms. The number of alkyl halides is 3. The third-order valence-electron chi connectivity index (χ3n) is 4.22. The summed E-state index contributed by atoms with van der Waals surface area (Å²) >= 11 is 0. The minimum atomic E-state index is -4.38. The van der Waals surface area contributed by atoms with Gasteiger partial charge in [0, 0.05) is 44.8 Å². The largest absolute Gasteiger partial charge is 0.416 e. The predicted molar refractivity (Wildman–Crippen MR) is 80.7 cm³/mol. The molecule has 0 aromatic carbocycles. The molecule has 1 saturated heterocycles. The van der Waals surface area contributed by atoms with E-state index in [-0.39, 0.29) is 12.0 Å². The second kappa shape index (κ2) is 6.43. The molecule has 2 aromatic heterocycles. The van der Waals surface area contributed by atoms with Gasteiger partial charge >= 0.3 is 6.18 Å². The molecule has 2 aromatic rings. The van der Waals surface area contributed by atoms with Gasteiger partial charge in [0.05, 0.1) is 17.4 Å². The maximum atomic E-state index is 12.9. The van der Waals surface area contributed by atoms with Crippen molar-refractivity contribution in [2.75, 3.05) is 25.1 Å². The van der Waals surface area contributed by atoms with Crippen LogP contribution < -0.4 is 4.90 Å². The number of aromatic nitrogens is 2. The summed E-state index contributed by atoms with van der Waals surface area (Å²) in [5.74, 6) is 1.15. The molecule has 0 amide bonds. The normalized spacial score (nSPS) is 21.5. The van der Waals surface area contributed by atoms with Crippen molar-refractivity contribution in [1.82, 2.24) is 10.1 Å². The van der Waals surface area contributed by atoms with Crippen LogP contribution >= 0.6 is 0 Å². The van der Waals surface area contributed by atoms with Crippen LogP contribution in [0.2, 0.25) is 0 Å². The van der Waals surface area contributed by atoms with Crippen LogP contribution in [-0.4, -0.2) is 36.4 Å². The topological polar surface area (TPSA) is 51.4 Å². The van der Waals surface area contributed by atoms with Crippen LogP contribution in [0.4, 0.5) is 19.0 Å². The van der Waals surface area contributed by atoms with Gasteiger partial charge in [-0.25, -0.2) is 4.98 Å². The summed E-state index contributed by atoms with van der Waals surface area (Å²) in [6.45, 7) is 2.88. The van der Waals surface area contributed by atoms with Crippen LogP contribution in [0.1, 0.15) is 17.0 Å². The molecule has 8 heteroatoms. The van der Waals surface area contributed by atoms with E-state index in [1.165, 1.54) is 6.20 Å². The van der Waals surface area contributed by atoms with Gasteiger partial charge in [-0.3, -0.25) is 0 Å². The monoisotopic (exact) mass is 341 g/mol. The number of nitrogens with zero attached hydrogens (tertiary/aromatic N) is 3. The number of hydrogen-bond acceptors (Lipinski definition) is 5. The molecule has 0 aliphatic carbocycles. The van der Waals surface area contributed by atoms with Crippen molar-refractivity contribution in [2.45, 2.75) is 25.6 Å². The van der Waals surface area contributed by atoms with Gasteiger partial charge in [-0.05, 0) is 19.1 Å². The number of hydrogen-bond donors (Lipinski definition) is 0. The smallest absolute Gasteiger partial charge is 0.379 e. The fourth-order valence-corrected chi connectivity index (χ4v) is 3.03. The first-order valence-corrected chi connectivity index (χ1v) is 7.60. The highest BCUT2D eigenvalue weighted by molar-refractivity contribution is 5.43. The molecule has 0 N–H and O–H groups in total. The molecule has 0 saturated carbocycles. The van der Waals surface area contributed by atoms with Gasteiger partial charge in [0.2, 0.25) is 0 Å². The van der Waals surface area contributed by atoms with E-state index < -0.39 is 11.7 Å². The van der Waals surface area contributed by atoms with Gasteiger partial charge in [0.1, 0.15) is 11.6 Å². The van der Waals surface area contributed by atoms with E-state index in [0.717, 1.165) is 23.6 Å². The average Bonchev–Trinajstić information content (AvgIpc) is 3.13. The predicted octanol–water partition coefficient (Wildman–Crippen LogP) is 3.09. The summed E-state index contributed by atoms with van der Waals surface area (Å²) < 4.78 is 49.4. The number of halogens is 3. The molecule has 130 valence electrons. The Balaban J connectivity index is 1.76. The van der Waals surface area contributed by atoms with Crippen LogP contribution in [0.5, 0.6) is 0 Å². The SMILES string of the molecule is COC1CN(c2cc(C(F)(F)F)ccn2)CC1Cc1cc(C)no1. The van der Waals surface area contributed by atoms with E-state index >= 15 is 0 Å². The fraction of sp³-hybridized carbons (Fsp3) is 0.500. The summed E-state index contributed by atoms with van der Waals surface area (Å²) in [5, 5.41) is 3.86. The molecule has 1 aliphatic heterocycles. The summed E-state index contributed by atoms with van der Waals surface area (Å²) in [6, 6.07) is 3.91. The zero-order chi connectivity index (χ0) is 17.3. The lowest BCUT2D eigenvalue weighted by Gasteiger charge is -2.18. The molecule has 1 aliphatic rings. The molecular formula is C16H18F3N3O2. The molecule has 3 rings (SSSR count). The van der Waals surface area contributed by atoms with Gasteiger partial charge in [0.25, 0.3) is 0 Å². The maximum Gasteiger partial charge on any atom is 0.416 e. The summed E-state index contributed by atoms with van der Waals surface area (Å²) in [5.41, 5.74) is 0.101. The zero-order valence-electron chi connectivity index (χ0n) is 13.4. The summed E-state index contributed by atoms with van der Waals surface area (Å²) in [7, 11) is 1.60. The number of anilines is 1. The Hall–Kier alpha value is -2.09. The van der Waals surface area contributed by atoms with E-state index in [4.69, 9.17) is 9.26 Å². The Morgan fingerprint density at radius 3 is 2.75 bits per heavy atom. The second-order valence-electron chi connectivity index (χ2n) is 5.98. The lowest BCUT2D eigenvalue weighted by Crippen LogP contribution is -2.24. The Bertz CT molecular complexity index is 702. The Kier molecular flexibility index (Phi) is 4.49. The van der Waals surface area contributed by atoms with Gasteiger partial charge in [0.15, 0.2) is 0 Å². The average molecular weight is 341 g/mol. The van der Waals surface area contributed by atoms with Crippen molar-refractivity contribution < 1.29 is 22.4 Å². The van der Waals surface area contributed by atoms with Crippen LogP contribution in [0.3, 0.4) is 0 Å². The Labute approximate surface area is 137 Å². The van der Waals surface area contributed by atoms with Crippen molar-refractivity contribution in [2.24, 2.45) is 5.92 Å². The van der Waals surface area contributed by atoms with Gasteiger partial charge in [-0.1, -0.05) is 5.16 Å². The molecule has 24 heavy (non-hydrogen) atoms. The molecule has 0 radical (unpaired) electrons. The minimum Gasteiger partial charge on any atom is -0.379 e. The first kappa shape index (κ1) is 16.8. The molecular weight excluding hydrogens is 323 g/mol. The van der Waals surface area contributed by atoms with Crippen LogP contribution in [-0.2, 0) is 17.3 Å². The van der Waals surface area contributed by atoms with Gasteiger partial charge in [-0.2, -0.15) is 13.2 Å². The summed E-state index contributed by atoms with van der Waals surface area (Å²) in [4.78, 5) is 5.90. The first-order chi connectivity index (χ1) is 11.4. The lowest BCUT2D eigenvalue weighted by molar-refractivity contribution is -0.137. The van der Waals surface area contributed by atoms with Gasteiger partial charge < -0.3 is 14.2 Å². The Morgan fingerprint density at radius 1 is 1.33 bits per heavy atom. The van der Waals surface area contributed by atoms with E-state index in [9.17, 15) is 13.2 Å². The van der Waals surface area contributed by atoms with Crippen molar-refractivity contribution in [3.05, 3.63) is 41.4 Å². The van der Waals surface area contributed by atoms with Crippen LogP contribution in [0, 0.1) is 12.8 Å². The van der Waals surface area contributed by atoms with Crippen molar-refractivity contribution in [1.29, 1.82) is 0 Å². The lowest BCUT2D eigenvalue weighted by atomic mass is 10.0. The van der Waals surface area contributed by atoms with Crippen LogP contribution in [0.15, 0.2) is 28.9 Å². The molecule has 3 heterocycles. The van der Waals surface area contributed by atoms with E-state index in [1.807, 2.05) is 17.9 Å². The highest BCUT2D eigenvalue weighted by atomic mass is 19.4. The zero-order valence-corrected chi connectivity index (χ0v) is 13.4. The second-order valence-corrected chi connectivity index (χ2v) is 5.98. The quantitative estimate of drug-likeness (QED) is 0.855. The standard InChI is InChI=1S/C16H18F3N3O2/c1-10-5-13(24-21-10)6-11-8-22(9-14(11)23-2)15-7-12(3-4-20-15)16(17,18)19/h3-5,7,11,14H,6,8-9H2,1-2H3. The summed E-state index contributed by atoms with van der Waals surface area (Å²) in [6.07, 6.45) is -2.68. The number of rotatable bonds is 4. The van der Waals surface area contributed by atoms with E-state index in [1.54, 1.807) is 7.11 Å². The minimum absolute atomic E-state index is 0.0960. The third kappa shape index (κ3) is 3.53. The third-order valence-corrected chi connectivity index (χ3v) is 4.22. The van der Waals surface area contributed by atoms with Crippen molar-refractivity contribution in [3.63, 3.8) is 0 Å². The van der Waals surface area contributed by atoms with E-state index in [2.05, 4.69) is 10.1 Å². The number of methoxy groups -OCH3 is 1. The molecule has 1 fully saturated rings. The molecule has 2 unspecified atom stereocenters. The molecule has 0 bridgehead atoms. The Morgan fingerprint density at radius 2 is 2.12 bits per heavy atom. The first-order valence-electron chi connectivity index (χ1n) is 7.60. The number of aryl methyl sites for hydroxylation is 1. The van der Waals surface area contributed by atoms with Crippen molar-refractivity contribution in [3.8, 4) is 0 Å². The van der Waals surface area contributed by atoms with E-state index in [0.29, 0.717) is 25.3 Å². The van der Waals surface area contributed by atoms with Crippen LogP contribution in [0.25, 0.3) is 0 Å². The highest BCUT2D eigenvalue weighted by Crippen LogP contribution is 2.33. The highest BCUT2D eigenvalue weighted by Gasteiger charge is 2.36. The number of pyridine rings is 1. The maximum absolute atomic E-state index is 12.9. The molecule has 2 atom stereocenters. The van der Waals surface area contributed by atoms with Crippen molar-refractivity contribution >= 4 is 5.82 Å². The molecule has 5 nitrogen and oxygen atoms in total.